The Labute approximate surface area is 167 Å². The normalized spacial score (nSPS) is 19.6. The highest BCUT2D eigenvalue weighted by molar-refractivity contribution is 9.10. The lowest BCUT2D eigenvalue weighted by Gasteiger charge is -2.13. The standard InChI is InChI=1S/C20H23BrN4O2/c1-3-27-18-6-5-14(21)12-15(18)19-23-10-7-16(25-19)17-11-13(2)20(26)24-9-4-8-22-17/h5-7,10-13,22H,3-4,8-9H2,1-2H3,(H,24,26)/b17-11-. The Balaban J connectivity index is 2.00. The molecule has 1 unspecified atom stereocenters. The maximum atomic E-state index is 12.1. The van der Waals surface area contributed by atoms with E-state index in [4.69, 9.17) is 9.72 Å². The third-order valence-corrected chi connectivity index (χ3v) is 4.71. The maximum absolute atomic E-state index is 12.1. The number of hydrogen-bond donors (Lipinski definition) is 2. The fourth-order valence-electron chi connectivity index (χ4n) is 2.84. The number of aromatic nitrogens is 2. The van der Waals surface area contributed by atoms with Gasteiger partial charge < -0.3 is 15.4 Å². The second-order valence-corrected chi connectivity index (χ2v) is 7.20. The molecule has 142 valence electrons. The number of nitrogens with one attached hydrogen (secondary N) is 2. The van der Waals surface area contributed by atoms with Crippen LogP contribution < -0.4 is 15.4 Å². The van der Waals surface area contributed by atoms with Crippen LogP contribution in [0.25, 0.3) is 17.1 Å². The molecule has 1 amide bonds. The van der Waals surface area contributed by atoms with Crippen LogP contribution in [0, 0.1) is 5.92 Å². The van der Waals surface area contributed by atoms with Crippen molar-refractivity contribution in [1.82, 2.24) is 20.6 Å². The van der Waals surface area contributed by atoms with E-state index in [-0.39, 0.29) is 11.8 Å². The number of hydrogen-bond acceptors (Lipinski definition) is 5. The first-order valence-electron chi connectivity index (χ1n) is 9.08. The first kappa shape index (κ1) is 19.4. The van der Waals surface area contributed by atoms with Crippen LogP contribution in [0.5, 0.6) is 5.75 Å². The van der Waals surface area contributed by atoms with Crippen LogP contribution in [-0.4, -0.2) is 35.6 Å². The number of nitrogens with zero attached hydrogens (tertiary/aromatic N) is 2. The zero-order valence-corrected chi connectivity index (χ0v) is 17.0. The molecule has 6 nitrogen and oxygen atoms in total. The average Bonchev–Trinajstić information content (AvgIpc) is 2.75. The number of carbonyl (C=O) groups excluding carboxylic acids is 1. The molecule has 2 aromatic rings. The van der Waals surface area contributed by atoms with Gasteiger partial charge >= 0.3 is 0 Å². The second-order valence-electron chi connectivity index (χ2n) is 6.28. The summed E-state index contributed by atoms with van der Waals surface area (Å²) in [6, 6.07) is 7.64. The quantitative estimate of drug-likeness (QED) is 0.776. The van der Waals surface area contributed by atoms with Gasteiger partial charge in [0.25, 0.3) is 0 Å². The summed E-state index contributed by atoms with van der Waals surface area (Å²) < 4.78 is 6.66. The summed E-state index contributed by atoms with van der Waals surface area (Å²) in [4.78, 5) is 21.3. The Kier molecular flexibility index (Phi) is 6.45. The van der Waals surface area contributed by atoms with E-state index in [0.717, 1.165) is 40.1 Å². The van der Waals surface area contributed by atoms with Crippen LogP contribution >= 0.6 is 15.9 Å². The fraction of sp³-hybridized carbons (Fsp3) is 0.350. The van der Waals surface area contributed by atoms with Gasteiger partial charge in [-0.25, -0.2) is 9.97 Å². The van der Waals surface area contributed by atoms with Gasteiger partial charge in [0.2, 0.25) is 5.91 Å². The molecule has 0 spiro atoms. The summed E-state index contributed by atoms with van der Waals surface area (Å²) in [5, 5.41) is 6.33. The molecule has 0 saturated carbocycles. The summed E-state index contributed by atoms with van der Waals surface area (Å²) >= 11 is 3.50. The van der Waals surface area contributed by atoms with Crippen LogP contribution in [0.15, 0.2) is 41.0 Å². The van der Waals surface area contributed by atoms with Crippen molar-refractivity contribution in [2.75, 3.05) is 19.7 Å². The fourth-order valence-corrected chi connectivity index (χ4v) is 3.20. The van der Waals surface area contributed by atoms with E-state index in [1.807, 2.05) is 44.2 Å². The van der Waals surface area contributed by atoms with E-state index in [1.165, 1.54) is 0 Å². The van der Waals surface area contributed by atoms with Gasteiger partial charge in [0.15, 0.2) is 5.82 Å². The van der Waals surface area contributed by atoms with Crippen LogP contribution in [-0.2, 0) is 4.79 Å². The van der Waals surface area contributed by atoms with Gasteiger partial charge in [0.05, 0.1) is 29.5 Å². The van der Waals surface area contributed by atoms with Crippen molar-refractivity contribution < 1.29 is 9.53 Å². The monoisotopic (exact) mass is 430 g/mol. The van der Waals surface area contributed by atoms with Gasteiger partial charge in [0.1, 0.15) is 5.75 Å². The number of ether oxygens (including phenoxy) is 1. The molecular weight excluding hydrogens is 408 g/mol. The van der Waals surface area contributed by atoms with Crippen LogP contribution in [0.2, 0.25) is 0 Å². The lowest BCUT2D eigenvalue weighted by atomic mass is 10.1. The first-order chi connectivity index (χ1) is 13.1. The Morgan fingerprint density at radius 3 is 2.89 bits per heavy atom. The molecular formula is C20H23BrN4O2. The molecule has 2 N–H and O–H groups in total. The molecule has 1 atom stereocenters. The van der Waals surface area contributed by atoms with Crippen LogP contribution in [0.4, 0.5) is 0 Å². The predicted molar refractivity (Wildman–Crippen MR) is 109 cm³/mol. The van der Waals surface area contributed by atoms with E-state index in [1.54, 1.807) is 6.20 Å². The molecule has 0 saturated heterocycles. The molecule has 0 fully saturated rings. The third-order valence-electron chi connectivity index (χ3n) is 4.21. The zero-order chi connectivity index (χ0) is 19.2. The van der Waals surface area contributed by atoms with Crippen molar-refractivity contribution in [1.29, 1.82) is 0 Å². The highest BCUT2D eigenvalue weighted by atomic mass is 79.9. The number of benzene rings is 1. The largest absolute Gasteiger partial charge is 0.493 e. The van der Waals surface area contributed by atoms with Crippen LogP contribution in [0.1, 0.15) is 26.0 Å². The minimum Gasteiger partial charge on any atom is -0.493 e. The van der Waals surface area contributed by atoms with Gasteiger partial charge in [-0.05, 0) is 43.7 Å². The number of rotatable bonds is 4. The maximum Gasteiger partial charge on any atom is 0.226 e. The molecule has 1 aromatic heterocycles. The minimum atomic E-state index is -0.242. The van der Waals surface area contributed by atoms with Crippen molar-refractivity contribution >= 4 is 27.5 Å². The summed E-state index contributed by atoms with van der Waals surface area (Å²) in [5.74, 6) is 1.10. The van der Waals surface area contributed by atoms with Gasteiger partial charge in [-0.2, -0.15) is 0 Å². The molecule has 0 aliphatic carbocycles. The van der Waals surface area contributed by atoms with E-state index in [9.17, 15) is 4.79 Å². The van der Waals surface area contributed by atoms with E-state index >= 15 is 0 Å². The lowest BCUT2D eigenvalue weighted by Crippen LogP contribution is -2.29. The highest BCUT2D eigenvalue weighted by Gasteiger charge is 2.16. The molecule has 7 heteroatoms. The Morgan fingerprint density at radius 2 is 2.07 bits per heavy atom. The highest BCUT2D eigenvalue weighted by Crippen LogP contribution is 2.31. The smallest absolute Gasteiger partial charge is 0.226 e. The van der Waals surface area contributed by atoms with Gasteiger partial charge in [-0.15, -0.1) is 0 Å². The Hall–Kier alpha value is -2.41. The Bertz CT molecular complexity index is 854. The first-order valence-corrected chi connectivity index (χ1v) is 9.87. The van der Waals surface area contributed by atoms with Crippen molar-refractivity contribution in [2.24, 2.45) is 5.92 Å². The molecule has 27 heavy (non-hydrogen) atoms. The SMILES string of the molecule is CCOc1ccc(Br)cc1-c1nccc(/C2=C/C(C)C(=O)NCCCN2)n1. The van der Waals surface area contributed by atoms with Crippen molar-refractivity contribution in [3.05, 3.63) is 46.7 Å². The molecule has 1 aliphatic rings. The number of halogens is 1. The molecule has 1 aromatic carbocycles. The second kappa shape index (κ2) is 8.99. The molecule has 3 rings (SSSR count). The van der Waals surface area contributed by atoms with E-state index in [0.29, 0.717) is 19.0 Å². The summed E-state index contributed by atoms with van der Waals surface area (Å²) in [5.41, 5.74) is 2.42. The third kappa shape index (κ3) is 4.86. The van der Waals surface area contributed by atoms with Gasteiger partial charge in [-0.1, -0.05) is 22.9 Å². The van der Waals surface area contributed by atoms with Crippen LogP contribution in [0.3, 0.4) is 0 Å². The zero-order valence-electron chi connectivity index (χ0n) is 15.5. The Morgan fingerprint density at radius 1 is 1.26 bits per heavy atom. The van der Waals surface area contributed by atoms with E-state index in [2.05, 4.69) is 31.5 Å². The predicted octanol–water partition coefficient (Wildman–Crippen LogP) is 3.39. The van der Waals surface area contributed by atoms with E-state index < -0.39 is 0 Å². The van der Waals surface area contributed by atoms with Crippen molar-refractivity contribution in [3.63, 3.8) is 0 Å². The number of carbonyl (C=O) groups is 1. The topological polar surface area (TPSA) is 76.1 Å². The summed E-state index contributed by atoms with van der Waals surface area (Å²) in [7, 11) is 0. The van der Waals surface area contributed by atoms with Gasteiger partial charge in [0, 0.05) is 23.8 Å². The molecule has 0 radical (unpaired) electrons. The minimum absolute atomic E-state index is 0.0242. The lowest BCUT2D eigenvalue weighted by molar-refractivity contribution is -0.123. The van der Waals surface area contributed by atoms with Crippen molar-refractivity contribution in [2.45, 2.75) is 20.3 Å². The number of amides is 1. The molecule has 2 heterocycles. The van der Waals surface area contributed by atoms with Gasteiger partial charge in [-0.3, -0.25) is 4.79 Å². The van der Waals surface area contributed by atoms with Crippen molar-refractivity contribution in [3.8, 4) is 17.1 Å². The summed E-state index contributed by atoms with van der Waals surface area (Å²) in [6.45, 7) is 5.82. The average molecular weight is 431 g/mol. The molecule has 0 bridgehead atoms. The summed E-state index contributed by atoms with van der Waals surface area (Å²) in [6.07, 6.45) is 4.50. The molecule has 1 aliphatic heterocycles.